The topological polar surface area (TPSA) is 101 Å². The van der Waals surface area contributed by atoms with Crippen LogP contribution in [-0.4, -0.2) is 23.6 Å². The summed E-state index contributed by atoms with van der Waals surface area (Å²) in [5.74, 6) is 0.743. The van der Waals surface area contributed by atoms with Crippen LogP contribution in [0.2, 0.25) is 0 Å². The zero-order valence-electron chi connectivity index (χ0n) is 23.2. The van der Waals surface area contributed by atoms with Gasteiger partial charge in [-0.15, -0.1) is 0 Å². The van der Waals surface area contributed by atoms with Crippen LogP contribution in [-0.2, 0) is 14.4 Å². The molecule has 9 atom stereocenters. The maximum atomic E-state index is 14.4. The van der Waals surface area contributed by atoms with Crippen LogP contribution in [0.4, 0.5) is 0 Å². The summed E-state index contributed by atoms with van der Waals surface area (Å²) in [6.45, 7) is 13.8. The molecule has 5 aliphatic rings. The van der Waals surface area contributed by atoms with E-state index in [0.29, 0.717) is 18.6 Å². The van der Waals surface area contributed by atoms with Crippen LogP contribution in [0.15, 0.2) is 11.8 Å². The minimum atomic E-state index is -0.553. The van der Waals surface area contributed by atoms with Gasteiger partial charge >= 0.3 is 0 Å². The van der Waals surface area contributed by atoms with Gasteiger partial charge in [-0.1, -0.05) is 41.5 Å². The van der Waals surface area contributed by atoms with Crippen LogP contribution in [0.5, 0.6) is 0 Å². The van der Waals surface area contributed by atoms with E-state index >= 15 is 0 Å². The Morgan fingerprint density at radius 2 is 1.64 bits per heavy atom. The van der Waals surface area contributed by atoms with E-state index in [9.17, 15) is 14.4 Å². The lowest BCUT2D eigenvalue weighted by Crippen LogP contribution is -2.69. The molecule has 3 N–H and O–H groups in total. The van der Waals surface area contributed by atoms with E-state index in [1.54, 1.807) is 0 Å². The van der Waals surface area contributed by atoms with Crippen molar-refractivity contribution in [2.24, 2.45) is 62.4 Å². The third kappa shape index (κ3) is 3.07. The Hall–Kier alpha value is -1.78. The monoisotopic (exact) mass is 494 g/mol. The average Bonchev–Trinajstić information content (AvgIpc) is 2.82. The van der Waals surface area contributed by atoms with Gasteiger partial charge in [0.15, 0.2) is 11.6 Å². The number of nitrogens with one attached hydrogen (secondary N) is 1. The van der Waals surface area contributed by atoms with E-state index in [-0.39, 0.29) is 62.8 Å². The molecule has 5 saturated carbocycles. The minimum absolute atomic E-state index is 0.0104. The van der Waals surface area contributed by atoms with Crippen molar-refractivity contribution in [1.29, 1.82) is 5.41 Å². The van der Waals surface area contributed by atoms with Crippen molar-refractivity contribution in [3.05, 3.63) is 11.8 Å². The molecular weight excluding hydrogens is 448 g/mol. The lowest BCUT2D eigenvalue weighted by atomic mass is 9.31. The molecule has 0 heterocycles. The Labute approximate surface area is 216 Å². The van der Waals surface area contributed by atoms with Crippen LogP contribution >= 0.6 is 0 Å². The third-order valence-corrected chi connectivity index (χ3v) is 13.1. The summed E-state index contributed by atoms with van der Waals surface area (Å²) in [4.78, 5) is 40.8. The van der Waals surface area contributed by atoms with Gasteiger partial charge in [0.2, 0.25) is 0 Å². The van der Waals surface area contributed by atoms with Gasteiger partial charge in [0.05, 0.1) is 6.21 Å². The Balaban J connectivity index is 1.61. The first-order chi connectivity index (χ1) is 16.7. The maximum Gasteiger partial charge on any atom is 0.179 e. The minimum Gasteiger partial charge on any atom is -0.404 e. The smallest absolute Gasteiger partial charge is 0.179 e. The SMILES string of the molecule is C[C@H]1C(=O)C(=CN)C[C@@]2(C)C1CC[C@]1(C)C2CC(=O)C2C3CC(C)(C)CC[C@]3(C(=O)C=N)CC[C@]21C. The van der Waals surface area contributed by atoms with Crippen molar-refractivity contribution < 1.29 is 14.4 Å². The summed E-state index contributed by atoms with van der Waals surface area (Å²) < 4.78 is 0. The lowest BCUT2D eigenvalue weighted by molar-refractivity contribution is -0.224. The molecule has 4 unspecified atom stereocenters. The molecule has 0 aromatic heterocycles. The summed E-state index contributed by atoms with van der Waals surface area (Å²) in [6, 6.07) is 0. The predicted octanol–water partition coefficient (Wildman–Crippen LogP) is 5.90. The fourth-order valence-electron chi connectivity index (χ4n) is 10.9. The van der Waals surface area contributed by atoms with Gasteiger partial charge in [0.25, 0.3) is 0 Å². The molecule has 0 aromatic rings. The van der Waals surface area contributed by atoms with Crippen LogP contribution in [0.3, 0.4) is 0 Å². The largest absolute Gasteiger partial charge is 0.404 e. The third-order valence-electron chi connectivity index (χ3n) is 13.1. The normalized spacial score (nSPS) is 50.9. The molecule has 198 valence electrons. The van der Waals surface area contributed by atoms with E-state index in [1.807, 2.05) is 0 Å². The van der Waals surface area contributed by atoms with Crippen molar-refractivity contribution in [1.82, 2.24) is 0 Å². The Morgan fingerprint density at radius 1 is 0.972 bits per heavy atom. The van der Waals surface area contributed by atoms with Gasteiger partial charge in [-0.05, 0) is 90.8 Å². The molecule has 0 aromatic carbocycles. The fourth-order valence-corrected chi connectivity index (χ4v) is 10.9. The van der Waals surface area contributed by atoms with E-state index in [0.717, 1.165) is 56.7 Å². The summed E-state index contributed by atoms with van der Waals surface area (Å²) in [6.07, 6.45) is 10.1. The van der Waals surface area contributed by atoms with Gasteiger partial charge in [0.1, 0.15) is 5.78 Å². The van der Waals surface area contributed by atoms with E-state index in [1.165, 1.54) is 6.20 Å². The second kappa shape index (κ2) is 7.86. The predicted molar refractivity (Wildman–Crippen MR) is 141 cm³/mol. The molecule has 5 fully saturated rings. The number of nitrogens with two attached hydrogens (primary N) is 1. The fraction of sp³-hybridized carbons (Fsp3) is 0.806. The first kappa shape index (κ1) is 25.9. The molecule has 0 amide bonds. The van der Waals surface area contributed by atoms with Crippen LogP contribution in [0.1, 0.15) is 99.3 Å². The highest BCUT2D eigenvalue weighted by molar-refractivity contribution is 6.29. The number of carbonyl (C=O) groups is 3. The molecule has 36 heavy (non-hydrogen) atoms. The number of fused-ring (bicyclic) bond motifs is 7. The van der Waals surface area contributed by atoms with E-state index in [4.69, 9.17) is 11.1 Å². The molecule has 0 aliphatic heterocycles. The highest BCUT2D eigenvalue weighted by Crippen LogP contribution is 2.75. The molecule has 0 spiro atoms. The number of ketones is 3. The zero-order chi connectivity index (χ0) is 26.5. The first-order valence-electron chi connectivity index (χ1n) is 14.2. The standard InChI is InChI=1S/C31H46N2O3/c1-18-20-7-8-29(5)23(28(20,4)14-19(16-32)26(18)36)13-22(34)25-21-15-27(2,3)9-11-31(21,24(35)17-33)12-10-30(25,29)6/h16-18,20-21,23,25,33H,7-15,32H2,1-6H3/t18-,20?,21?,23?,25?,28+,29-,30-,31+/m1/s1. The maximum absolute atomic E-state index is 14.4. The summed E-state index contributed by atoms with van der Waals surface area (Å²) in [5, 5.41) is 7.87. The van der Waals surface area contributed by atoms with E-state index in [2.05, 4.69) is 41.5 Å². The number of hydrogen-bond donors (Lipinski definition) is 2. The van der Waals surface area contributed by atoms with Gasteiger partial charge in [-0.2, -0.15) is 0 Å². The quantitative estimate of drug-likeness (QED) is 0.369. The highest BCUT2D eigenvalue weighted by atomic mass is 16.1. The molecule has 0 saturated heterocycles. The van der Waals surface area contributed by atoms with Gasteiger partial charge in [-0.25, -0.2) is 0 Å². The Kier molecular flexibility index (Phi) is 5.65. The second-order valence-electron chi connectivity index (χ2n) is 14.8. The molecule has 5 heteroatoms. The van der Waals surface area contributed by atoms with Gasteiger partial charge in [0, 0.05) is 35.4 Å². The molecular formula is C31H46N2O3. The zero-order valence-corrected chi connectivity index (χ0v) is 23.2. The number of hydrogen-bond acceptors (Lipinski definition) is 5. The highest BCUT2D eigenvalue weighted by Gasteiger charge is 2.72. The number of carbonyl (C=O) groups excluding carboxylic acids is 3. The number of Topliss-reactive ketones (excluding diaryl/α,β-unsaturated/α-hetero) is 3. The van der Waals surface area contributed by atoms with Crippen molar-refractivity contribution in [3.8, 4) is 0 Å². The Morgan fingerprint density at radius 3 is 2.28 bits per heavy atom. The number of rotatable bonds is 2. The van der Waals surface area contributed by atoms with E-state index < -0.39 is 5.41 Å². The first-order valence-corrected chi connectivity index (χ1v) is 14.2. The molecule has 0 radical (unpaired) electrons. The second-order valence-corrected chi connectivity index (χ2v) is 14.8. The molecule has 5 nitrogen and oxygen atoms in total. The van der Waals surface area contributed by atoms with Crippen molar-refractivity contribution in [2.45, 2.75) is 99.3 Å². The molecule has 0 bridgehead atoms. The van der Waals surface area contributed by atoms with Crippen molar-refractivity contribution >= 4 is 23.6 Å². The lowest BCUT2D eigenvalue weighted by Gasteiger charge is -2.71. The summed E-state index contributed by atoms with van der Waals surface area (Å²) in [7, 11) is 0. The summed E-state index contributed by atoms with van der Waals surface area (Å²) in [5.41, 5.74) is 5.85. The average molecular weight is 495 g/mol. The van der Waals surface area contributed by atoms with Crippen LogP contribution < -0.4 is 5.73 Å². The van der Waals surface area contributed by atoms with Gasteiger partial charge < -0.3 is 11.1 Å². The summed E-state index contributed by atoms with van der Waals surface area (Å²) >= 11 is 0. The van der Waals surface area contributed by atoms with Crippen molar-refractivity contribution in [2.75, 3.05) is 0 Å². The number of allylic oxidation sites excluding steroid dienone is 1. The molecule has 5 aliphatic carbocycles. The Bertz CT molecular complexity index is 1060. The van der Waals surface area contributed by atoms with Crippen molar-refractivity contribution in [3.63, 3.8) is 0 Å². The van der Waals surface area contributed by atoms with Gasteiger partial charge in [-0.3, -0.25) is 14.4 Å². The van der Waals surface area contributed by atoms with Crippen LogP contribution in [0.25, 0.3) is 0 Å². The molecule has 5 rings (SSSR count). The van der Waals surface area contributed by atoms with Crippen LogP contribution in [0, 0.1) is 62.1 Å².